The molecule has 36 heavy (non-hydrogen) atoms. The van der Waals surface area contributed by atoms with Crippen molar-refractivity contribution < 1.29 is 34.4 Å². The van der Waals surface area contributed by atoms with Gasteiger partial charge in [0.05, 0.1) is 37.8 Å². The molecule has 1 aliphatic heterocycles. The molecule has 1 aliphatic rings. The van der Waals surface area contributed by atoms with Crippen LogP contribution in [0.5, 0.6) is 0 Å². The smallest absolute Gasteiger partial charge is 0.317 e. The lowest BCUT2D eigenvalue weighted by Gasteiger charge is -2.36. The van der Waals surface area contributed by atoms with Gasteiger partial charge in [-0.25, -0.2) is 0 Å². The number of carboxylic acids is 3. The van der Waals surface area contributed by atoms with E-state index in [1.165, 1.54) is 0 Å². The normalized spacial score (nSPS) is 19.1. The maximum Gasteiger partial charge on any atom is 0.317 e. The Morgan fingerprint density at radius 2 is 1.50 bits per heavy atom. The maximum atomic E-state index is 11.6. The molecule has 0 saturated carbocycles. The van der Waals surface area contributed by atoms with Crippen LogP contribution in [-0.2, 0) is 25.5 Å². The highest BCUT2D eigenvalue weighted by molar-refractivity contribution is 7.80. The molecule has 1 aromatic rings. The molecule has 0 amide bonds. The molecule has 11 nitrogen and oxygen atoms in total. The zero-order valence-electron chi connectivity index (χ0n) is 20.6. The van der Waals surface area contributed by atoms with E-state index in [0.717, 1.165) is 22.7 Å². The molecule has 12 heteroatoms. The van der Waals surface area contributed by atoms with Gasteiger partial charge in [0, 0.05) is 44.5 Å². The molecule has 0 spiro atoms. The summed E-state index contributed by atoms with van der Waals surface area (Å²) in [6, 6.07) is 7.42. The first-order valence-electron chi connectivity index (χ1n) is 12.0. The van der Waals surface area contributed by atoms with Crippen molar-refractivity contribution in [2.75, 3.05) is 70.9 Å². The first-order chi connectivity index (χ1) is 17.2. The van der Waals surface area contributed by atoms with Crippen LogP contribution in [0.3, 0.4) is 0 Å². The van der Waals surface area contributed by atoms with Gasteiger partial charge < -0.3 is 25.4 Å². The van der Waals surface area contributed by atoms with Crippen LogP contribution in [-0.4, -0.2) is 125 Å². The third-order valence-corrected chi connectivity index (χ3v) is 6.27. The highest BCUT2D eigenvalue weighted by Crippen LogP contribution is 2.16. The molecule has 0 bridgehead atoms. The van der Waals surface area contributed by atoms with Gasteiger partial charge in [0.15, 0.2) is 0 Å². The van der Waals surface area contributed by atoms with Gasteiger partial charge in [0.2, 0.25) is 0 Å². The minimum atomic E-state index is -0.999. The van der Waals surface area contributed by atoms with E-state index in [0.29, 0.717) is 45.8 Å². The van der Waals surface area contributed by atoms with Gasteiger partial charge in [-0.2, -0.15) is 0 Å². The van der Waals surface area contributed by atoms with E-state index < -0.39 is 17.9 Å². The van der Waals surface area contributed by atoms with E-state index in [1.807, 2.05) is 36.1 Å². The third kappa shape index (κ3) is 11.4. The van der Waals surface area contributed by atoms with E-state index in [1.54, 1.807) is 9.80 Å². The quantitative estimate of drug-likeness (QED) is 0.323. The fourth-order valence-electron chi connectivity index (χ4n) is 4.06. The SMILES string of the molecule is CCC(=S)Nc1ccc(C[C@H]2CN(CC(=O)O)CCN(CC(=O)O)CCOCCN2CC(=O)O)cc1. The minimum Gasteiger partial charge on any atom is -0.480 e. The van der Waals surface area contributed by atoms with E-state index in [9.17, 15) is 29.7 Å². The van der Waals surface area contributed by atoms with Crippen molar-refractivity contribution in [2.45, 2.75) is 25.8 Å². The molecular formula is C24H36N4O7S. The highest BCUT2D eigenvalue weighted by atomic mass is 32.1. The second kappa shape index (κ2) is 15.5. The molecule has 2 rings (SSSR count). The predicted octanol–water partition coefficient (Wildman–Crippen LogP) is 0.937. The Labute approximate surface area is 216 Å². The fourth-order valence-corrected chi connectivity index (χ4v) is 4.18. The van der Waals surface area contributed by atoms with Gasteiger partial charge in [-0.3, -0.25) is 29.1 Å². The molecule has 1 atom stereocenters. The molecule has 0 aliphatic carbocycles. The molecule has 4 N–H and O–H groups in total. The summed E-state index contributed by atoms with van der Waals surface area (Å²) in [5.74, 6) is -2.94. The molecule has 0 aromatic heterocycles. The molecule has 1 aromatic carbocycles. The fraction of sp³-hybridized carbons (Fsp3) is 0.583. The summed E-state index contributed by atoms with van der Waals surface area (Å²) in [4.78, 5) is 40.5. The lowest BCUT2D eigenvalue weighted by molar-refractivity contribution is -0.141. The number of carbonyl (C=O) groups is 3. The van der Waals surface area contributed by atoms with Gasteiger partial charge in [-0.05, 0) is 30.5 Å². The van der Waals surface area contributed by atoms with Gasteiger partial charge in [0.25, 0.3) is 0 Å². The number of hydrogen-bond acceptors (Lipinski definition) is 8. The molecule has 1 saturated heterocycles. The Kier molecular flexibility index (Phi) is 12.7. The van der Waals surface area contributed by atoms with Crippen LogP contribution in [0.15, 0.2) is 24.3 Å². The van der Waals surface area contributed by atoms with Crippen LogP contribution in [0, 0.1) is 0 Å². The lowest BCUT2D eigenvalue weighted by Crippen LogP contribution is -2.51. The number of rotatable bonds is 10. The van der Waals surface area contributed by atoms with Crippen molar-refractivity contribution in [2.24, 2.45) is 0 Å². The summed E-state index contributed by atoms with van der Waals surface area (Å²) in [5, 5.41) is 31.4. The van der Waals surface area contributed by atoms with Crippen molar-refractivity contribution in [3.05, 3.63) is 29.8 Å². The van der Waals surface area contributed by atoms with Crippen LogP contribution in [0.2, 0.25) is 0 Å². The monoisotopic (exact) mass is 524 g/mol. The van der Waals surface area contributed by atoms with Crippen molar-refractivity contribution in [3.63, 3.8) is 0 Å². The van der Waals surface area contributed by atoms with Crippen molar-refractivity contribution in [3.8, 4) is 0 Å². The molecule has 200 valence electrons. The van der Waals surface area contributed by atoms with E-state index in [2.05, 4.69) is 5.32 Å². The lowest BCUT2D eigenvalue weighted by atomic mass is 10.0. The second-order valence-corrected chi connectivity index (χ2v) is 9.22. The molecule has 1 fully saturated rings. The Hall–Kier alpha value is -2.64. The van der Waals surface area contributed by atoms with E-state index >= 15 is 0 Å². The highest BCUT2D eigenvalue weighted by Gasteiger charge is 2.26. The summed E-state index contributed by atoms with van der Waals surface area (Å²) in [6.45, 7) is 3.67. The van der Waals surface area contributed by atoms with E-state index in [-0.39, 0.29) is 32.3 Å². The Morgan fingerprint density at radius 3 is 2.11 bits per heavy atom. The van der Waals surface area contributed by atoms with Crippen molar-refractivity contribution in [1.82, 2.24) is 14.7 Å². The van der Waals surface area contributed by atoms with Crippen molar-refractivity contribution in [1.29, 1.82) is 0 Å². The minimum absolute atomic E-state index is 0.166. The number of ether oxygens (including phenoxy) is 1. The largest absolute Gasteiger partial charge is 0.480 e. The first kappa shape index (κ1) is 29.6. The zero-order valence-corrected chi connectivity index (χ0v) is 21.4. The first-order valence-corrected chi connectivity index (χ1v) is 12.4. The zero-order chi connectivity index (χ0) is 26.5. The number of hydrogen-bond donors (Lipinski definition) is 4. The summed E-state index contributed by atoms with van der Waals surface area (Å²) in [6.07, 6.45) is 1.23. The number of carboxylic acid groups (broad SMARTS) is 3. The number of nitrogens with zero attached hydrogens (tertiary/aromatic N) is 3. The standard InChI is InChI=1S/C24H36N4O7S/c1-2-21(36)25-19-5-3-18(4-6-19)13-20-14-27(16-23(31)32)8-7-26(15-22(29)30)9-11-35-12-10-28(20)17-24(33)34/h3-6,20H,2,7-17H2,1H3,(H,25,36)(H,29,30)(H,31,32)(H,33,34)/t20-/m0/s1. The van der Waals surface area contributed by atoms with Gasteiger partial charge in [-0.1, -0.05) is 31.3 Å². The second-order valence-electron chi connectivity index (χ2n) is 8.73. The van der Waals surface area contributed by atoms with Gasteiger partial charge >= 0.3 is 17.9 Å². The number of nitrogens with one attached hydrogen (secondary N) is 1. The topological polar surface area (TPSA) is 143 Å². The van der Waals surface area contributed by atoms with Crippen LogP contribution < -0.4 is 5.32 Å². The number of benzene rings is 1. The summed E-state index contributed by atoms with van der Waals surface area (Å²) in [7, 11) is 0. The predicted molar refractivity (Wildman–Crippen MR) is 139 cm³/mol. The summed E-state index contributed by atoms with van der Waals surface area (Å²) >= 11 is 5.23. The van der Waals surface area contributed by atoms with Crippen LogP contribution >= 0.6 is 12.2 Å². The van der Waals surface area contributed by atoms with Crippen LogP contribution in [0.25, 0.3) is 0 Å². The molecule has 0 unspecified atom stereocenters. The number of aliphatic carboxylic acids is 3. The van der Waals surface area contributed by atoms with Crippen molar-refractivity contribution >= 4 is 40.8 Å². The average Bonchev–Trinajstić information content (AvgIpc) is 2.80. The number of thiocarbonyl (C=S) groups is 1. The average molecular weight is 525 g/mol. The summed E-state index contributed by atoms with van der Waals surface area (Å²) in [5.41, 5.74) is 1.84. The maximum absolute atomic E-state index is 11.6. The van der Waals surface area contributed by atoms with Crippen LogP contribution in [0.4, 0.5) is 5.69 Å². The molecule has 1 heterocycles. The number of anilines is 1. The van der Waals surface area contributed by atoms with Gasteiger partial charge in [0.1, 0.15) is 0 Å². The van der Waals surface area contributed by atoms with Crippen LogP contribution in [0.1, 0.15) is 18.9 Å². The Balaban J connectivity index is 2.26. The van der Waals surface area contributed by atoms with E-state index in [4.69, 9.17) is 17.0 Å². The Morgan fingerprint density at radius 1 is 0.917 bits per heavy atom. The molecular weight excluding hydrogens is 488 g/mol. The Bertz CT molecular complexity index is 884. The van der Waals surface area contributed by atoms with Gasteiger partial charge in [-0.15, -0.1) is 0 Å². The summed E-state index contributed by atoms with van der Waals surface area (Å²) < 4.78 is 5.69. The molecule has 0 radical (unpaired) electrons. The third-order valence-electron chi connectivity index (χ3n) is 5.88.